The highest BCUT2D eigenvalue weighted by Crippen LogP contribution is 2.30. The summed E-state index contributed by atoms with van der Waals surface area (Å²) in [6.45, 7) is 2.48. The van der Waals surface area contributed by atoms with E-state index in [4.69, 9.17) is 5.73 Å². The highest BCUT2D eigenvalue weighted by atomic mass is 16.1. The third-order valence-corrected chi connectivity index (χ3v) is 3.42. The van der Waals surface area contributed by atoms with E-state index in [0.29, 0.717) is 18.2 Å². The molecule has 3 rings (SSSR count). The molecule has 1 aromatic heterocycles. The average molecular weight is 214 g/mol. The normalized spacial score (nSPS) is 18.2. The largest absolute Gasteiger partial charge is 0.344 e. The topological polar surface area (TPSA) is 48.0 Å². The zero-order valence-electron chi connectivity index (χ0n) is 9.23. The van der Waals surface area contributed by atoms with Gasteiger partial charge in [0.1, 0.15) is 0 Å². The molecule has 1 aliphatic rings. The molecule has 0 spiro atoms. The summed E-state index contributed by atoms with van der Waals surface area (Å²) in [6.07, 6.45) is 2.93. The Bertz CT molecular complexity index is 628. The van der Waals surface area contributed by atoms with Gasteiger partial charge in [0.15, 0.2) is 5.43 Å². The van der Waals surface area contributed by atoms with E-state index in [0.717, 1.165) is 17.3 Å². The Labute approximate surface area is 93.5 Å². The molecule has 0 radical (unpaired) electrons. The molecule has 82 valence electrons. The van der Waals surface area contributed by atoms with Gasteiger partial charge >= 0.3 is 0 Å². The molecule has 2 N–H and O–H groups in total. The van der Waals surface area contributed by atoms with Crippen molar-refractivity contribution < 1.29 is 0 Å². The van der Waals surface area contributed by atoms with Crippen LogP contribution in [0, 0.1) is 0 Å². The zero-order chi connectivity index (χ0) is 11.3. The molecule has 1 unspecified atom stereocenters. The van der Waals surface area contributed by atoms with Crippen LogP contribution in [0.25, 0.3) is 10.9 Å². The summed E-state index contributed by atoms with van der Waals surface area (Å²) in [5.74, 6) is 0. The van der Waals surface area contributed by atoms with Crippen molar-refractivity contribution in [2.24, 2.45) is 5.73 Å². The maximum atomic E-state index is 12.1. The van der Waals surface area contributed by atoms with Crippen LogP contribution >= 0.6 is 0 Å². The van der Waals surface area contributed by atoms with Crippen molar-refractivity contribution in [3.63, 3.8) is 0 Å². The SMILES string of the molecule is CC1Cc2cccc3c(=O)c(CN)cn1c23. The van der Waals surface area contributed by atoms with Gasteiger partial charge in [-0.3, -0.25) is 4.79 Å². The van der Waals surface area contributed by atoms with Crippen LogP contribution in [0.5, 0.6) is 0 Å². The minimum absolute atomic E-state index is 0.0877. The molecule has 3 heteroatoms. The maximum absolute atomic E-state index is 12.1. The molecular weight excluding hydrogens is 200 g/mol. The molecule has 3 nitrogen and oxygen atoms in total. The van der Waals surface area contributed by atoms with Gasteiger partial charge < -0.3 is 10.3 Å². The van der Waals surface area contributed by atoms with Crippen molar-refractivity contribution in [2.45, 2.75) is 25.9 Å². The molecule has 1 aromatic carbocycles. The monoisotopic (exact) mass is 214 g/mol. The van der Waals surface area contributed by atoms with E-state index < -0.39 is 0 Å². The van der Waals surface area contributed by atoms with E-state index in [2.05, 4.69) is 17.6 Å². The fraction of sp³-hybridized carbons (Fsp3) is 0.308. The first-order valence-electron chi connectivity index (χ1n) is 5.58. The van der Waals surface area contributed by atoms with Crippen molar-refractivity contribution in [1.82, 2.24) is 4.57 Å². The maximum Gasteiger partial charge on any atom is 0.193 e. The van der Waals surface area contributed by atoms with Gasteiger partial charge in [-0.25, -0.2) is 0 Å². The summed E-state index contributed by atoms with van der Waals surface area (Å²) in [7, 11) is 0. The fourth-order valence-electron chi connectivity index (χ4n) is 2.62. The number of hydrogen-bond acceptors (Lipinski definition) is 2. The van der Waals surface area contributed by atoms with Crippen LogP contribution < -0.4 is 11.2 Å². The predicted molar refractivity (Wildman–Crippen MR) is 64.5 cm³/mol. The van der Waals surface area contributed by atoms with Crippen LogP contribution in [0.2, 0.25) is 0 Å². The van der Waals surface area contributed by atoms with E-state index in [1.807, 2.05) is 18.3 Å². The lowest BCUT2D eigenvalue weighted by atomic mass is 10.1. The Morgan fingerprint density at radius 2 is 2.31 bits per heavy atom. The second-order valence-corrected chi connectivity index (χ2v) is 4.46. The van der Waals surface area contributed by atoms with Crippen molar-refractivity contribution in [3.05, 3.63) is 45.7 Å². The Morgan fingerprint density at radius 1 is 1.50 bits per heavy atom. The van der Waals surface area contributed by atoms with Crippen molar-refractivity contribution in [1.29, 1.82) is 0 Å². The highest BCUT2D eigenvalue weighted by Gasteiger charge is 2.21. The Kier molecular flexibility index (Phi) is 1.91. The number of nitrogens with zero attached hydrogens (tertiary/aromatic N) is 1. The minimum Gasteiger partial charge on any atom is -0.344 e. The number of hydrogen-bond donors (Lipinski definition) is 1. The second-order valence-electron chi connectivity index (χ2n) is 4.46. The van der Waals surface area contributed by atoms with Crippen molar-refractivity contribution in [2.75, 3.05) is 0 Å². The van der Waals surface area contributed by atoms with Gasteiger partial charge in [0.25, 0.3) is 0 Å². The molecule has 0 saturated carbocycles. The van der Waals surface area contributed by atoms with Gasteiger partial charge in [0.2, 0.25) is 0 Å². The highest BCUT2D eigenvalue weighted by molar-refractivity contribution is 5.84. The van der Waals surface area contributed by atoms with Gasteiger partial charge in [0.05, 0.1) is 5.52 Å². The Morgan fingerprint density at radius 3 is 3.06 bits per heavy atom. The summed E-state index contributed by atoms with van der Waals surface area (Å²) < 4.78 is 2.19. The standard InChI is InChI=1S/C13H14N2O/c1-8-5-9-3-2-4-11-12(9)15(8)7-10(6-14)13(11)16/h2-4,7-8H,5-6,14H2,1H3. The van der Waals surface area contributed by atoms with Crippen molar-refractivity contribution in [3.8, 4) is 0 Å². The van der Waals surface area contributed by atoms with E-state index in [9.17, 15) is 4.79 Å². The number of rotatable bonds is 1. The van der Waals surface area contributed by atoms with Gasteiger partial charge in [-0.1, -0.05) is 12.1 Å². The smallest absolute Gasteiger partial charge is 0.193 e. The second kappa shape index (κ2) is 3.19. The van der Waals surface area contributed by atoms with Crippen LogP contribution in [-0.4, -0.2) is 4.57 Å². The van der Waals surface area contributed by atoms with Crippen LogP contribution in [0.4, 0.5) is 0 Å². The number of aromatic nitrogens is 1. The molecule has 1 aliphatic heterocycles. The number of pyridine rings is 1. The third kappa shape index (κ3) is 1.09. The summed E-state index contributed by atoms with van der Waals surface area (Å²) in [5.41, 5.74) is 8.77. The summed E-state index contributed by atoms with van der Waals surface area (Å²) in [5, 5.41) is 0.810. The molecule has 0 amide bonds. The first-order chi connectivity index (χ1) is 7.72. The lowest BCUT2D eigenvalue weighted by Gasteiger charge is -2.11. The number of nitrogens with two attached hydrogens (primary N) is 1. The van der Waals surface area contributed by atoms with E-state index in [-0.39, 0.29) is 5.43 Å². The van der Waals surface area contributed by atoms with Gasteiger partial charge in [-0.05, 0) is 25.0 Å². The van der Waals surface area contributed by atoms with Crippen molar-refractivity contribution >= 4 is 10.9 Å². The molecule has 16 heavy (non-hydrogen) atoms. The summed E-state index contributed by atoms with van der Waals surface area (Å²) in [6, 6.07) is 6.38. The lowest BCUT2D eigenvalue weighted by Crippen LogP contribution is -2.17. The van der Waals surface area contributed by atoms with E-state index in [1.165, 1.54) is 5.56 Å². The summed E-state index contributed by atoms with van der Waals surface area (Å²) >= 11 is 0. The fourth-order valence-corrected chi connectivity index (χ4v) is 2.62. The average Bonchev–Trinajstić information content (AvgIpc) is 2.61. The molecule has 0 saturated heterocycles. The summed E-state index contributed by atoms with van der Waals surface area (Å²) in [4.78, 5) is 12.1. The molecular formula is C13H14N2O. The first kappa shape index (κ1) is 9.60. The molecule has 0 aliphatic carbocycles. The van der Waals surface area contributed by atoms with Gasteiger partial charge in [-0.2, -0.15) is 0 Å². The van der Waals surface area contributed by atoms with Gasteiger partial charge in [-0.15, -0.1) is 0 Å². The molecule has 2 aromatic rings. The third-order valence-electron chi connectivity index (χ3n) is 3.42. The number of benzene rings is 1. The van der Waals surface area contributed by atoms with Crippen LogP contribution in [0.15, 0.2) is 29.2 Å². The first-order valence-corrected chi connectivity index (χ1v) is 5.58. The van der Waals surface area contributed by atoms with Crippen LogP contribution in [0.1, 0.15) is 24.1 Å². The molecule has 1 atom stereocenters. The van der Waals surface area contributed by atoms with Crippen LogP contribution in [-0.2, 0) is 13.0 Å². The molecule has 2 heterocycles. The number of para-hydroxylation sites is 1. The minimum atomic E-state index is 0.0877. The predicted octanol–water partition coefficient (Wildman–Crippen LogP) is 1.58. The quantitative estimate of drug-likeness (QED) is 0.783. The molecule has 0 bridgehead atoms. The zero-order valence-corrected chi connectivity index (χ0v) is 9.23. The molecule has 0 fully saturated rings. The van der Waals surface area contributed by atoms with E-state index in [1.54, 1.807) is 0 Å². The Hall–Kier alpha value is -1.61. The van der Waals surface area contributed by atoms with E-state index >= 15 is 0 Å². The van der Waals surface area contributed by atoms with Gasteiger partial charge in [0, 0.05) is 29.7 Å². The lowest BCUT2D eigenvalue weighted by molar-refractivity contribution is 0.590. The van der Waals surface area contributed by atoms with Crippen LogP contribution in [0.3, 0.4) is 0 Å². The Balaban J connectivity index is 2.52.